The van der Waals surface area contributed by atoms with Crippen LogP contribution in [0.25, 0.3) is 5.69 Å². The average molecular weight is 485 g/mol. The van der Waals surface area contributed by atoms with Gasteiger partial charge in [0.25, 0.3) is 5.91 Å². The molecule has 3 aromatic rings. The molecule has 0 saturated carbocycles. The molecule has 0 aliphatic carbocycles. The van der Waals surface area contributed by atoms with Gasteiger partial charge >= 0.3 is 5.97 Å². The highest BCUT2D eigenvalue weighted by Crippen LogP contribution is 2.22. The molecule has 0 spiro atoms. The third kappa shape index (κ3) is 5.29. The molecular formula is C22H24N6O5S. The van der Waals surface area contributed by atoms with Crippen molar-refractivity contribution in [3.63, 3.8) is 0 Å². The Morgan fingerprint density at radius 3 is 2.29 bits per heavy atom. The average Bonchev–Trinajstić information content (AvgIpc) is 3.40. The number of aromatic nitrogens is 4. The number of benzene rings is 2. The monoisotopic (exact) mass is 484 g/mol. The number of sulfonamides is 1. The minimum absolute atomic E-state index is 0.178. The molecule has 1 aliphatic rings. The van der Waals surface area contributed by atoms with Gasteiger partial charge in [0.15, 0.2) is 6.10 Å². The summed E-state index contributed by atoms with van der Waals surface area (Å²) in [5, 5.41) is 13.5. The van der Waals surface area contributed by atoms with Gasteiger partial charge < -0.3 is 10.1 Å². The number of rotatable bonds is 7. The molecule has 1 unspecified atom stereocenters. The fraction of sp³-hybridized carbons (Fsp3) is 0.318. The first-order valence-corrected chi connectivity index (χ1v) is 12.2. The van der Waals surface area contributed by atoms with Crippen LogP contribution in [0.1, 0.15) is 36.5 Å². The highest BCUT2D eigenvalue weighted by Gasteiger charge is 2.26. The summed E-state index contributed by atoms with van der Waals surface area (Å²) >= 11 is 0. The van der Waals surface area contributed by atoms with Gasteiger partial charge in [-0.1, -0.05) is 6.42 Å². The van der Waals surface area contributed by atoms with E-state index in [-0.39, 0.29) is 10.5 Å². The molecule has 0 bridgehead atoms. The number of esters is 1. The Kier molecular flexibility index (Phi) is 6.98. The van der Waals surface area contributed by atoms with Gasteiger partial charge in [0.1, 0.15) is 6.33 Å². The maximum absolute atomic E-state index is 12.7. The van der Waals surface area contributed by atoms with Gasteiger partial charge in [-0.15, -0.1) is 5.10 Å². The third-order valence-electron chi connectivity index (χ3n) is 5.44. The number of amides is 1. The van der Waals surface area contributed by atoms with E-state index in [1.807, 2.05) is 0 Å². The van der Waals surface area contributed by atoms with Gasteiger partial charge in [-0.05, 0) is 78.7 Å². The molecule has 1 atom stereocenters. The number of nitrogens with one attached hydrogen (secondary N) is 1. The Balaban J connectivity index is 1.33. The molecule has 34 heavy (non-hydrogen) atoms. The maximum Gasteiger partial charge on any atom is 0.338 e. The number of tetrazole rings is 1. The summed E-state index contributed by atoms with van der Waals surface area (Å²) in [6.07, 6.45) is 3.10. The molecule has 1 amide bonds. The van der Waals surface area contributed by atoms with Crippen molar-refractivity contribution in [2.24, 2.45) is 0 Å². The lowest BCUT2D eigenvalue weighted by Gasteiger charge is -2.25. The largest absolute Gasteiger partial charge is 0.449 e. The molecule has 1 N–H and O–H groups in total. The Labute approximate surface area is 196 Å². The van der Waals surface area contributed by atoms with E-state index >= 15 is 0 Å². The van der Waals surface area contributed by atoms with Crippen molar-refractivity contribution in [3.05, 3.63) is 60.4 Å². The first kappa shape index (κ1) is 23.5. The number of piperidine rings is 1. The summed E-state index contributed by atoms with van der Waals surface area (Å²) in [4.78, 5) is 25.0. The van der Waals surface area contributed by atoms with Crippen LogP contribution in [0.4, 0.5) is 5.69 Å². The quantitative estimate of drug-likeness (QED) is 0.503. The van der Waals surface area contributed by atoms with E-state index in [0.29, 0.717) is 24.5 Å². The van der Waals surface area contributed by atoms with Crippen LogP contribution in [0.2, 0.25) is 0 Å². The number of carbonyl (C=O) groups is 2. The van der Waals surface area contributed by atoms with Crippen molar-refractivity contribution < 1.29 is 22.7 Å². The molecule has 0 radical (unpaired) electrons. The van der Waals surface area contributed by atoms with Crippen LogP contribution >= 0.6 is 0 Å². The van der Waals surface area contributed by atoms with Crippen LogP contribution in [0, 0.1) is 0 Å². The van der Waals surface area contributed by atoms with Gasteiger partial charge in [0, 0.05) is 18.8 Å². The lowest BCUT2D eigenvalue weighted by Crippen LogP contribution is -2.35. The zero-order valence-corrected chi connectivity index (χ0v) is 19.3. The predicted octanol–water partition coefficient (Wildman–Crippen LogP) is 2.02. The minimum atomic E-state index is -3.55. The second-order valence-corrected chi connectivity index (χ2v) is 9.77. The Morgan fingerprint density at radius 2 is 1.68 bits per heavy atom. The van der Waals surface area contributed by atoms with Crippen molar-refractivity contribution in [2.75, 3.05) is 18.4 Å². The molecule has 2 aromatic carbocycles. The van der Waals surface area contributed by atoms with Gasteiger partial charge in [0.2, 0.25) is 10.0 Å². The van der Waals surface area contributed by atoms with Crippen LogP contribution in [-0.4, -0.2) is 64.0 Å². The molecule has 4 rings (SSSR count). The summed E-state index contributed by atoms with van der Waals surface area (Å²) in [6.45, 7) is 2.49. The molecule has 11 nitrogen and oxygen atoms in total. The van der Waals surface area contributed by atoms with Crippen molar-refractivity contribution in [2.45, 2.75) is 37.2 Å². The highest BCUT2D eigenvalue weighted by molar-refractivity contribution is 7.89. The van der Waals surface area contributed by atoms with Gasteiger partial charge in [0.05, 0.1) is 16.1 Å². The standard InChI is InChI=1S/C22H24N6O5S/c1-16(33-22(30)17-5-9-19(10-6-17)28-15-23-25-26-28)21(29)24-18-7-11-20(12-8-18)34(31,32)27-13-3-2-4-14-27/h5-12,15-16H,2-4,13-14H2,1H3,(H,24,29). The topological polar surface area (TPSA) is 136 Å². The number of anilines is 1. The third-order valence-corrected chi connectivity index (χ3v) is 7.36. The number of hydrogen-bond donors (Lipinski definition) is 1. The molecule has 1 saturated heterocycles. The van der Waals surface area contributed by atoms with Gasteiger partial charge in [-0.3, -0.25) is 4.79 Å². The molecule has 2 heterocycles. The van der Waals surface area contributed by atoms with Crippen molar-refractivity contribution in [3.8, 4) is 5.69 Å². The molecule has 178 valence electrons. The van der Waals surface area contributed by atoms with Crippen molar-refractivity contribution in [1.82, 2.24) is 24.5 Å². The Bertz CT molecular complexity index is 1240. The fourth-order valence-corrected chi connectivity index (χ4v) is 5.04. The summed E-state index contributed by atoms with van der Waals surface area (Å²) in [7, 11) is -3.55. The first-order valence-electron chi connectivity index (χ1n) is 10.8. The van der Waals surface area contributed by atoms with Crippen LogP contribution in [0.3, 0.4) is 0 Å². The minimum Gasteiger partial charge on any atom is -0.449 e. The molecule has 1 fully saturated rings. The van der Waals surface area contributed by atoms with Crippen molar-refractivity contribution in [1.29, 1.82) is 0 Å². The summed E-state index contributed by atoms with van der Waals surface area (Å²) in [6, 6.07) is 12.3. The normalized spacial score (nSPS) is 15.4. The molecular weight excluding hydrogens is 460 g/mol. The molecule has 1 aliphatic heterocycles. The zero-order valence-electron chi connectivity index (χ0n) is 18.5. The van der Waals surface area contributed by atoms with Crippen LogP contribution < -0.4 is 5.32 Å². The second kappa shape index (κ2) is 10.1. The second-order valence-electron chi connectivity index (χ2n) is 7.83. The summed E-state index contributed by atoms with van der Waals surface area (Å²) in [5.74, 6) is -1.20. The Hall–Kier alpha value is -3.64. The van der Waals surface area contributed by atoms with Crippen LogP contribution in [0.5, 0.6) is 0 Å². The van der Waals surface area contributed by atoms with Crippen LogP contribution in [0.15, 0.2) is 59.8 Å². The lowest BCUT2D eigenvalue weighted by molar-refractivity contribution is -0.123. The fourth-order valence-electron chi connectivity index (χ4n) is 3.52. The highest BCUT2D eigenvalue weighted by atomic mass is 32.2. The number of carbonyl (C=O) groups excluding carboxylic acids is 2. The predicted molar refractivity (Wildman–Crippen MR) is 122 cm³/mol. The SMILES string of the molecule is CC(OC(=O)c1ccc(-n2cnnn2)cc1)C(=O)Nc1ccc(S(=O)(=O)N2CCCCC2)cc1. The lowest BCUT2D eigenvalue weighted by atomic mass is 10.2. The van der Waals surface area contributed by atoms with Gasteiger partial charge in [-0.25, -0.2) is 17.9 Å². The molecule has 12 heteroatoms. The summed E-state index contributed by atoms with van der Waals surface area (Å²) in [5.41, 5.74) is 1.33. The number of nitrogens with zero attached hydrogens (tertiary/aromatic N) is 5. The maximum atomic E-state index is 12.7. The summed E-state index contributed by atoms with van der Waals surface area (Å²) < 4.78 is 33.7. The van der Waals surface area contributed by atoms with E-state index in [9.17, 15) is 18.0 Å². The molecule has 1 aromatic heterocycles. The van der Waals surface area contributed by atoms with Gasteiger partial charge in [-0.2, -0.15) is 4.31 Å². The zero-order chi connectivity index (χ0) is 24.1. The van der Waals surface area contributed by atoms with E-state index in [1.54, 1.807) is 24.3 Å². The Morgan fingerprint density at radius 1 is 1.00 bits per heavy atom. The van der Waals surface area contributed by atoms with E-state index in [2.05, 4.69) is 20.8 Å². The number of ether oxygens (including phenoxy) is 1. The van der Waals surface area contributed by atoms with Crippen LogP contribution in [-0.2, 0) is 19.6 Å². The first-order chi connectivity index (χ1) is 16.3. The van der Waals surface area contributed by atoms with E-state index in [1.165, 1.54) is 46.5 Å². The van der Waals surface area contributed by atoms with E-state index in [4.69, 9.17) is 4.74 Å². The van der Waals surface area contributed by atoms with E-state index < -0.39 is 28.0 Å². The van der Waals surface area contributed by atoms with Crippen molar-refractivity contribution >= 4 is 27.6 Å². The number of hydrogen-bond acceptors (Lipinski definition) is 8. The smallest absolute Gasteiger partial charge is 0.338 e. The van der Waals surface area contributed by atoms with E-state index in [0.717, 1.165) is 19.3 Å².